The molecule has 0 amide bonds. The molecule has 0 fully saturated rings. The van der Waals surface area contributed by atoms with E-state index < -0.39 is 0 Å². The summed E-state index contributed by atoms with van der Waals surface area (Å²) in [4.78, 5) is 55.3. The van der Waals surface area contributed by atoms with E-state index >= 15 is 0 Å². The lowest BCUT2D eigenvalue weighted by Gasteiger charge is -2.07. The predicted molar refractivity (Wildman–Crippen MR) is 597 cm³/mol. The molecule has 0 aliphatic carbocycles. The quantitative estimate of drug-likeness (QED) is 0.117. The topological polar surface area (TPSA) is 245 Å². The van der Waals surface area contributed by atoms with Gasteiger partial charge in [-0.05, 0) is 260 Å². The zero-order chi connectivity index (χ0) is 102. The van der Waals surface area contributed by atoms with Gasteiger partial charge < -0.3 is 0 Å². The Morgan fingerprint density at radius 2 is 0.601 bits per heavy atom. The molecular weight excluding hydrogens is 1760 g/mol. The van der Waals surface area contributed by atoms with Gasteiger partial charge in [0.15, 0.2) is 5.65 Å². The number of fused-ring (bicyclic) bond motifs is 11. The Bertz CT molecular complexity index is 6550. The summed E-state index contributed by atoms with van der Waals surface area (Å²) in [6.07, 6.45) is 34.3. The van der Waals surface area contributed by atoms with Crippen molar-refractivity contribution < 1.29 is 0 Å². The molecule has 726 valence electrons. The fraction of sp³-hybridized carbons (Fsp3) is 0.266. The van der Waals surface area contributed by atoms with Crippen molar-refractivity contribution in [3.8, 4) is 0 Å². The molecule has 15 heterocycles. The molecule has 0 radical (unpaired) electrons. The summed E-state index contributed by atoms with van der Waals surface area (Å²) in [6, 6.07) is 81.2. The first-order chi connectivity index (χ1) is 69.0. The normalized spacial score (nSPS) is 11.0. The third-order valence-electron chi connectivity index (χ3n) is 24.3. The molecular formula is C124H135N19. The van der Waals surface area contributed by atoms with Gasteiger partial charge in [-0.15, -0.1) is 0 Å². The Morgan fingerprint density at radius 3 is 1.24 bits per heavy atom. The van der Waals surface area contributed by atoms with Gasteiger partial charge in [0.25, 0.3) is 0 Å². The summed E-state index contributed by atoms with van der Waals surface area (Å²) in [5.74, 6) is 5.96. The van der Waals surface area contributed by atoms with Crippen LogP contribution in [0.5, 0.6) is 0 Å². The summed E-state index contributed by atoms with van der Waals surface area (Å²) in [5, 5.41) is 37.6. The fourth-order valence-corrected chi connectivity index (χ4v) is 15.6. The standard InChI is InChI=1S/3C12H13N.8C11H12N2/c1-9(2)10-3-4-12-8-13-6-5-11(12)7-10;1-9(2)10-5-6-12-11(8-10)4-3-7-13-12;1-9(2)11-6-5-10-4-3-7-13-12(10)8-11;1-8(2)9-3-4-10-6-12-13-7-11(10)5-9;1-8(2)10-4-3-9-7-12-6-5-11(9)13-10;1-8(2)9-3-4-11-10(7-9)5-6-12-13-11;1-8(2)9-3-4-10-11(7-9)13-6-5-12-10;1-8(2)9-5-7-12-10-4-3-6-13-11(9)10;1-8(2)9-5-7-13-11-10(9)4-3-6-12-11;1-8(2)10-6-9-4-3-5-12-11(9)7-13-10;1-8(2)10-5-3-4-9-6-12-13-7-11(9)10/h3*3-9H,1-2H3;8*3-8H,1-2H3. The minimum atomic E-state index is 0.476. The van der Waals surface area contributed by atoms with Crippen molar-refractivity contribution in [2.45, 2.75) is 217 Å². The number of aromatic nitrogens is 19. The molecule has 0 bridgehead atoms. The second kappa shape index (κ2) is 53.1. The number of rotatable bonds is 11. The zero-order valence-corrected chi connectivity index (χ0v) is 86.8. The van der Waals surface area contributed by atoms with Crippen molar-refractivity contribution in [2.24, 2.45) is 0 Å². The average molecular weight is 1890 g/mol. The van der Waals surface area contributed by atoms with Crippen molar-refractivity contribution in [2.75, 3.05) is 0 Å². The molecule has 15 aromatic heterocycles. The average Bonchev–Trinajstić information content (AvgIpc) is 0.814. The Balaban J connectivity index is 0.000000140. The summed E-state index contributed by atoms with van der Waals surface area (Å²) >= 11 is 0. The van der Waals surface area contributed by atoms with Gasteiger partial charge in [-0.2, -0.15) is 30.6 Å². The molecule has 0 atom stereocenters. The van der Waals surface area contributed by atoms with Crippen LogP contribution in [0.15, 0.2) is 354 Å². The molecule has 143 heavy (non-hydrogen) atoms. The maximum atomic E-state index is 4.53. The number of hydrogen-bond acceptors (Lipinski definition) is 19. The van der Waals surface area contributed by atoms with Crippen LogP contribution in [0.3, 0.4) is 0 Å². The number of hydrogen-bond donors (Lipinski definition) is 0. The Labute approximate surface area is 843 Å². The second-order valence-electron chi connectivity index (χ2n) is 38.6. The van der Waals surface area contributed by atoms with Gasteiger partial charge in [0.05, 0.1) is 86.8 Å². The van der Waals surface area contributed by atoms with E-state index in [9.17, 15) is 0 Å². The van der Waals surface area contributed by atoms with E-state index in [0.29, 0.717) is 65.1 Å². The van der Waals surface area contributed by atoms with Gasteiger partial charge in [0.1, 0.15) is 0 Å². The molecule has 0 spiro atoms. The van der Waals surface area contributed by atoms with Crippen LogP contribution in [0.1, 0.15) is 279 Å². The number of benzene rings is 7. The molecule has 0 saturated carbocycles. The van der Waals surface area contributed by atoms with Gasteiger partial charge in [0.2, 0.25) is 0 Å². The maximum absolute atomic E-state index is 4.53. The monoisotopic (exact) mass is 1890 g/mol. The first kappa shape index (κ1) is 106. The zero-order valence-electron chi connectivity index (χ0n) is 86.8. The van der Waals surface area contributed by atoms with Crippen molar-refractivity contribution in [3.05, 3.63) is 416 Å². The lowest BCUT2D eigenvalue weighted by Crippen LogP contribution is -1.92. The Kier molecular flexibility index (Phi) is 39.5. The molecule has 0 N–H and O–H groups in total. The molecule has 19 heteroatoms. The Hall–Kier alpha value is -15.6. The van der Waals surface area contributed by atoms with E-state index in [1.54, 1.807) is 55.8 Å². The summed E-state index contributed by atoms with van der Waals surface area (Å²) in [5.41, 5.74) is 24.2. The smallest absolute Gasteiger partial charge is 0.159 e. The van der Waals surface area contributed by atoms with Gasteiger partial charge in [-0.3, -0.25) is 54.8 Å². The summed E-state index contributed by atoms with van der Waals surface area (Å²) < 4.78 is 0. The lowest BCUT2D eigenvalue weighted by atomic mass is 9.98. The van der Waals surface area contributed by atoms with Crippen LogP contribution < -0.4 is 0 Å². The van der Waals surface area contributed by atoms with E-state index in [2.05, 4.69) is 418 Å². The summed E-state index contributed by atoms with van der Waals surface area (Å²) in [7, 11) is 0. The van der Waals surface area contributed by atoms with Gasteiger partial charge in [-0.1, -0.05) is 249 Å². The minimum absolute atomic E-state index is 0.476. The van der Waals surface area contributed by atoms with E-state index in [-0.39, 0.29) is 0 Å². The Morgan fingerprint density at radius 1 is 0.175 bits per heavy atom. The highest BCUT2D eigenvalue weighted by atomic mass is 15.1. The highest BCUT2D eigenvalue weighted by Gasteiger charge is 2.13. The van der Waals surface area contributed by atoms with Crippen LogP contribution in [0, 0.1) is 0 Å². The molecule has 22 rings (SSSR count). The minimum Gasteiger partial charge on any atom is -0.264 e. The van der Waals surface area contributed by atoms with Crippen LogP contribution in [-0.4, -0.2) is 95.4 Å². The SMILES string of the molecule is CC(C)c1cc2cccnc2cn1.CC(C)c1ccc2cccnc2c1.CC(C)c1ccc2cnccc2c1.CC(C)c1ccc2cnccc2n1.CC(C)c1ccc2cnncc2c1.CC(C)c1ccc2ncccc2c1.CC(C)c1ccc2nccnc2c1.CC(C)c1ccc2nnccc2c1.CC(C)c1cccc2cnncc12.CC(C)c1ccnc2cccnc12.CC(C)c1ccnc2ncccc12. The largest absolute Gasteiger partial charge is 0.264 e. The van der Waals surface area contributed by atoms with Crippen molar-refractivity contribution in [3.63, 3.8) is 0 Å². The van der Waals surface area contributed by atoms with Crippen molar-refractivity contribution in [1.29, 1.82) is 0 Å². The van der Waals surface area contributed by atoms with E-state index in [1.807, 2.05) is 129 Å². The van der Waals surface area contributed by atoms with Crippen LogP contribution in [0.25, 0.3) is 120 Å². The van der Waals surface area contributed by atoms with E-state index in [0.717, 1.165) is 77.5 Å². The van der Waals surface area contributed by atoms with E-state index in [1.165, 1.54) is 104 Å². The van der Waals surface area contributed by atoms with Crippen molar-refractivity contribution in [1.82, 2.24) is 95.4 Å². The maximum Gasteiger partial charge on any atom is 0.159 e. The van der Waals surface area contributed by atoms with Gasteiger partial charge in [-0.25, -0.2) is 9.97 Å². The van der Waals surface area contributed by atoms with Crippen molar-refractivity contribution >= 4 is 120 Å². The van der Waals surface area contributed by atoms with Crippen LogP contribution >= 0.6 is 0 Å². The third-order valence-corrected chi connectivity index (χ3v) is 24.3. The molecule has 19 nitrogen and oxygen atoms in total. The molecule has 0 unspecified atom stereocenters. The van der Waals surface area contributed by atoms with Crippen LogP contribution in [0.4, 0.5) is 0 Å². The summed E-state index contributed by atoms with van der Waals surface area (Å²) in [6.45, 7) is 48.0. The molecule has 7 aromatic carbocycles. The fourth-order valence-electron chi connectivity index (χ4n) is 15.6. The molecule has 22 aromatic rings. The third kappa shape index (κ3) is 30.9. The highest BCUT2D eigenvalue weighted by molar-refractivity contribution is 5.87. The van der Waals surface area contributed by atoms with Crippen LogP contribution in [0.2, 0.25) is 0 Å². The molecule has 0 saturated heterocycles. The highest BCUT2D eigenvalue weighted by Crippen LogP contribution is 2.30. The lowest BCUT2D eigenvalue weighted by molar-refractivity contribution is 0.826. The van der Waals surface area contributed by atoms with Gasteiger partial charge in [0, 0.05) is 151 Å². The molecule has 0 aliphatic rings. The van der Waals surface area contributed by atoms with Crippen LogP contribution in [-0.2, 0) is 0 Å². The number of pyridine rings is 11. The first-order valence-corrected chi connectivity index (χ1v) is 49.7. The number of nitrogens with zero attached hydrogens (tertiary/aromatic N) is 19. The second-order valence-corrected chi connectivity index (χ2v) is 38.6. The first-order valence-electron chi connectivity index (χ1n) is 49.7. The van der Waals surface area contributed by atoms with E-state index in [4.69, 9.17) is 0 Å². The molecule has 0 aliphatic heterocycles. The van der Waals surface area contributed by atoms with Gasteiger partial charge >= 0.3 is 0 Å². The predicted octanol–water partition coefficient (Wildman–Crippen LogP) is 32.1.